The molecule has 3 aromatic carbocycles. The van der Waals surface area contributed by atoms with Gasteiger partial charge < -0.3 is 14.2 Å². The molecule has 0 spiro atoms. The Morgan fingerprint density at radius 3 is 2.29 bits per heavy atom. The number of non-ortho nitro benzene ring substituents is 1. The highest BCUT2D eigenvalue weighted by molar-refractivity contribution is 5.95. The van der Waals surface area contributed by atoms with Crippen LogP contribution in [0, 0.1) is 10.1 Å². The van der Waals surface area contributed by atoms with Gasteiger partial charge in [-0.1, -0.05) is 0 Å². The number of carbonyl (C=O) groups is 1. The first kappa shape index (κ1) is 24.2. The van der Waals surface area contributed by atoms with Crippen LogP contribution in [0.4, 0.5) is 5.69 Å². The summed E-state index contributed by atoms with van der Waals surface area (Å²) in [6, 6.07) is 18.2. The molecule has 0 aliphatic carbocycles. The fourth-order valence-corrected chi connectivity index (χ4v) is 2.97. The molecule has 0 radical (unpaired) electrons. The predicted octanol–water partition coefficient (Wildman–Crippen LogP) is 4.74. The molecule has 0 aromatic heterocycles. The van der Waals surface area contributed by atoms with Crippen molar-refractivity contribution in [1.29, 1.82) is 0 Å². The smallest absolute Gasteiger partial charge is 0.271 e. The Labute approximate surface area is 197 Å². The third-order valence-corrected chi connectivity index (χ3v) is 4.62. The van der Waals surface area contributed by atoms with Crippen LogP contribution < -0.4 is 19.6 Å². The van der Waals surface area contributed by atoms with Crippen LogP contribution in [-0.4, -0.2) is 30.3 Å². The van der Waals surface area contributed by atoms with Gasteiger partial charge in [-0.3, -0.25) is 14.9 Å². The second kappa shape index (κ2) is 12.0. The summed E-state index contributed by atoms with van der Waals surface area (Å²) in [7, 11) is 0. The normalized spacial score (nSPS) is 10.6. The molecule has 0 saturated heterocycles. The van der Waals surface area contributed by atoms with Crippen LogP contribution in [-0.2, 0) is 6.61 Å². The van der Waals surface area contributed by atoms with Gasteiger partial charge in [-0.05, 0) is 79.6 Å². The molecule has 0 atom stereocenters. The summed E-state index contributed by atoms with van der Waals surface area (Å²) in [5.74, 6) is 1.40. The van der Waals surface area contributed by atoms with E-state index in [9.17, 15) is 14.9 Å². The lowest BCUT2D eigenvalue weighted by atomic mass is 10.2. The van der Waals surface area contributed by atoms with E-state index >= 15 is 0 Å². The van der Waals surface area contributed by atoms with Crippen molar-refractivity contribution >= 4 is 17.8 Å². The largest absolute Gasteiger partial charge is 0.494 e. The number of ether oxygens (including phenoxy) is 3. The summed E-state index contributed by atoms with van der Waals surface area (Å²) in [5, 5.41) is 14.8. The monoisotopic (exact) mass is 463 g/mol. The molecule has 9 heteroatoms. The average molecular weight is 463 g/mol. The molecule has 34 heavy (non-hydrogen) atoms. The maximum atomic E-state index is 12.3. The highest BCUT2D eigenvalue weighted by Crippen LogP contribution is 2.29. The molecule has 0 bridgehead atoms. The van der Waals surface area contributed by atoms with Gasteiger partial charge in [-0.25, -0.2) is 5.43 Å². The van der Waals surface area contributed by atoms with Crippen molar-refractivity contribution in [3.8, 4) is 17.2 Å². The van der Waals surface area contributed by atoms with Crippen LogP contribution in [0.15, 0.2) is 71.8 Å². The number of benzene rings is 3. The summed E-state index contributed by atoms with van der Waals surface area (Å²) in [6.45, 7) is 4.97. The van der Waals surface area contributed by atoms with Gasteiger partial charge in [0.1, 0.15) is 12.4 Å². The zero-order valence-corrected chi connectivity index (χ0v) is 18.9. The molecular formula is C25H25N3O6. The zero-order chi connectivity index (χ0) is 24.3. The Hall–Kier alpha value is -4.40. The van der Waals surface area contributed by atoms with Gasteiger partial charge in [0.25, 0.3) is 11.6 Å². The summed E-state index contributed by atoms with van der Waals surface area (Å²) < 4.78 is 16.9. The van der Waals surface area contributed by atoms with Gasteiger partial charge in [0.05, 0.1) is 24.4 Å². The average Bonchev–Trinajstić information content (AvgIpc) is 2.84. The van der Waals surface area contributed by atoms with E-state index in [1.165, 1.54) is 18.3 Å². The minimum Gasteiger partial charge on any atom is -0.494 e. The molecule has 9 nitrogen and oxygen atoms in total. The van der Waals surface area contributed by atoms with Crippen molar-refractivity contribution < 1.29 is 23.9 Å². The third-order valence-electron chi connectivity index (χ3n) is 4.62. The number of rotatable bonds is 11. The van der Waals surface area contributed by atoms with Gasteiger partial charge in [-0.2, -0.15) is 5.10 Å². The highest BCUT2D eigenvalue weighted by Gasteiger charge is 2.09. The summed E-state index contributed by atoms with van der Waals surface area (Å²) >= 11 is 0. The van der Waals surface area contributed by atoms with E-state index in [1.54, 1.807) is 54.6 Å². The van der Waals surface area contributed by atoms with Gasteiger partial charge in [0, 0.05) is 17.7 Å². The Bertz CT molecular complexity index is 1140. The van der Waals surface area contributed by atoms with Crippen molar-refractivity contribution in [2.24, 2.45) is 5.10 Å². The molecule has 3 aromatic rings. The van der Waals surface area contributed by atoms with Crippen LogP contribution in [0.5, 0.6) is 17.2 Å². The van der Waals surface area contributed by atoms with Crippen LogP contribution >= 0.6 is 0 Å². The van der Waals surface area contributed by atoms with Crippen molar-refractivity contribution in [3.63, 3.8) is 0 Å². The Morgan fingerprint density at radius 2 is 1.65 bits per heavy atom. The first-order chi connectivity index (χ1) is 16.5. The first-order valence-corrected chi connectivity index (χ1v) is 10.7. The molecule has 0 fully saturated rings. The summed E-state index contributed by atoms with van der Waals surface area (Å²) in [4.78, 5) is 22.6. The maximum absolute atomic E-state index is 12.3. The molecule has 0 aliphatic heterocycles. The number of nitro benzene ring substituents is 1. The van der Waals surface area contributed by atoms with E-state index in [0.717, 1.165) is 5.56 Å². The van der Waals surface area contributed by atoms with Crippen molar-refractivity contribution in [2.45, 2.75) is 20.5 Å². The molecule has 1 N–H and O–H groups in total. The first-order valence-electron chi connectivity index (χ1n) is 10.7. The summed E-state index contributed by atoms with van der Waals surface area (Å²) in [6.07, 6.45) is 1.51. The Kier molecular flexibility index (Phi) is 8.56. The fourth-order valence-electron chi connectivity index (χ4n) is 2.97. The van der Waals surface area contributed by atoms with Gasteiger partial charge in [0.2, 0.25) is 0 Å². The topological polar surface area (TPSA) is 112 Å². The van der Waals surface area contributed by atoms with Crippen LogP contribution in [0.25, 0.3) is 0 Å². The highest BCUT2D eigenvalue weighted by atomic mass is 16.6. The third kappa shape index (κ3) is 6.80. The molecule has 0 heterocycles. The van der Waals surface area contributed by atoms with Gasteiger partial charge >= 0.3 is 0 Å². The van der Waals surface area contributed by atoms with Gasteiger partial charge in [-0.15, -0.1) is 0 Å². The second-order valence-corrected chi connectivity index (χ2v) is 7.01. The lowest BCUT2D eigenvalue weighted by Gasteiger charge is -2.12. The number of carbonyl (C=O) groups excluding carboxylic acids is 1. The standard InChI is InChI=1S/C25H25N3O6/c1-3-32-22-12-8-20(9-13-22)25(29)27-26-16-19-7-14-23(24(15-19)33-4-2)34-17-18-5-10-21(11-6-18)28(30)31/h5-16H,3-4,17H2,1-2H3,(H,27,29)/b26-16+. The molecule has 0 aliphatic rings. The molecule has 176 valence electrons. The van der Waals surface area contributed by atoms with Crippen molar-refractivity contribution in [2.75, 3.05) is 13.2 Å². The van der Waals surface area contributed by atoms with Crippen LogP contribution in [0.3, 0.4) is 0 Å². The SMILES string of the molecule is CCOc1ccc(C(=O)N/N=C/c2ccc(OCc3ccc([N+](=O)[O-])cc3)c(OCC)c2)cc1. The lowest BCUT2D eigenvalue weighted by molar-refractivity contribution is -0.384. The van der Waals surface area contributed by atoms with Crippen LogP contribution in [0.1, 0.15) is 35.3 Å². The lowest BCUT2D eigenvalue weighted by Crippen LogP contribution is -2.17. The second-order valence-electron chi connectivity index (χ2n) is 7.01. The number of nitrogens with one attached hydrogen (secondary N) is 1. The molecule has 0 unspecified atom stereocenters. The van der Waals surface area contributed by atoms with E-state index in [1.807, 2.05) is 13.8 Å². The Morgan fingerprint density at radius 1 is 0.941 bits per heavy atom. The van der Waals surface area contributed by atoms with E-state index in [4.69, 9.17) is 14.2 Å². The maximum Gasteiger partial charge on any atom is 0.271 e. The van der Waals surface area contributed by atoms with E-state index in [0.29, 0.717) is 41.6 Å². The van der Waals surface area contributed by atoms with Gasteiger partial charge in [0.15, 0.2) is 11.5 Å². The number of hydrogen-bond donors (Lipinski definition) is 1. The summed E-state index contributed by atoms with van der Waals surface area (Å²) in [5.41, 5.74) is 4.48. The number of nitrogens with zero attached hydrogens (tertiary/aromatic N) is 2. The number of amides is 1. The predicted molar refractivity (Wildman–Crippen MR) is 128 cm³/mol. The van der Waals surface area contributed by atoms with E-state index in [-0.39, 0.29) is 18.2 Å². The van der Waals surface area contributed by atoms with Crippen molar-refractivity contribution in [3.05, 3.63) is 93.5 Å². The number of hydrogen-bond acceptors (Lipinski definition) is 7. The fraction of sp³-hybridized carbons (Fsp3) is 0.200. The van der Waals surface area contributed by atoms with Crippen molar-refractivity contribution in [1.82, 2.24) is 5.43 Å². The Balaban J connectivity index is 1.61. The molecule has 0 saturated carbocycles. The number of nitro groups is 1. The van der Waals surface area contributed by atoms with E-state index in [2.05, 4.69) is 10.5 Å². The van der Waals surface area contributed by atoms with E-state index < -0.39 is 4.92 Å². The zero-order valence-electron chi connectivity index (χ0n) is 18.9. The minimum absolute atomic E-state index is 0.0250. The minimum atomic E-state index is -0.446. The molecule has 3 rings (SSSR count). The molecule has 1 amide bonds. The van der Waals surface area contributed by atoms with Crippen LogP contribution in [0.2, 0.25) is 0 Å². The quantitative estimate of drug-likeness (QED) is 0.250. The number of hydrazone groups is 1. The molecular weight excluding hydrogens is 438 g/mol.